The van der Waals surface area contributed by atoms with Crippen molar-refractivity contribution in [3.05, 3.63) is 11.9 Å². The van der Waals surface area contributed by atoms with Gasteiger partial charge in [0.25, 0.3) is 0 Å². The van der Waals surface area contributed by atoms with E-state index in [-0.39, 0.29) is 0 Å². The molecule has 1 aliphatic carbocycles. The fourth-order valence-corrected chi connectivity index (χ4v) is 2.76. The molecule has 0 aliphatic heterocycles. The molecule has 0 aromatic carbocycles. The molecule has 5 heteroatoms. The molecule has 1 saturated carbocycles. The molecule has 0 unspecified atom stereocenters. The quantitative estimate of drug-likeness (QED) is 0.432. The molecule has 1 aliphatic rings. The fourth-order valence-electron chi connectivity index (χ4n) is 2.76. The van der Waals surface area contributed by atoms with Crippen molar-refractivity contribution in [2.24, 2.45) is 5.84 Å². The molecule has 1 aromatic rings. The Morgan fingerprint density at radius 3 is 2.47 bits per heavy atom. The summed E-state index contributed by atoms with van der Waals surface area (Å²) in [6.45, 7) is 2.16. The zero-order valence-electron chi connectivity index (χ0n) is 11.8. The minimum Gasteiger partial charge on any atom is -0.367 e. The van der Waals surface area contributed by atoms with Crippen LogP contribution in [0.5, 0.6) is 0 Å². The van der Waals surface area contributed by atoms with Crippen LogP contribution in [-0.4, -0.2) is 16.0 Å². The first-order valence-corrected chi connectivity index (χ1v) is 7.42. The van der Waals surface area contributed by atoms with E-state index in [1.54, 1.807) is 6.33 Å². The topological polar surface area (TPSA) is 75.9 Å². The van der Waals surface area contributed by atoms with Gasteiger partial charge in [-0.05, 0) is 19.3 Å². The highest BCUT2D eigenvalue weighted by atomic mass is 15.3. The normalized spacial score (nSPS) is 16.9. The van der Waals surface area contributed by atoms with Crippen LogP contribution in [-0.2, 0) is 6.42 Å². The Morgan fingerprint density at radius 2 is 1.84 bits per heavy atom. The number of hydrogen-bond donors (Lipinski definition) is 3. The maximum absolute atomic E-state index is 5.54. The Hall–Kier alpha value is -1.36. The molecule has 0 spiro atoms. The number of hydrazine groups is 1. The number of rotatable bonds is 5. The molecule has 5 nitrogen and oxygen atoms in total. The van der Waals surface area contributed by atoms with Gasteiger partial charge in [0.15, 0.2) is 0 Å². The summed E-state index contributed by atoms with van der Waals surface area (Å²) in [6, 6.07) is 0.540. The van der Waals surface area contributed by atoms with E-state index in [2.05, 4.69) is 27.6 Å². The summed E-state index contributed by atoms with van der Waals surface area (Å²) in [6.07, 6.45) is 11.4. The lowest BCUT2D eigenvalue weighted by Gasteiger charge is -2.20. The zero-order valence-corrected chi connectivity index (χ0v) is 11.8. The summed E-state index contributed by atoms with van der Waals surface area (Å²) in [5.74, 6) is 7.24. The molecule has 1 aromatic heterocycles. The largest absolute Gasteiger partial charge is 0.367 e. The van der Waals surface area contributed by atoms with Gasteiger partial charge >= 0.3 is 0 Å². The Labute approximate surface area is 115 Å². The van der Waals surface area contributed by atoms with Crippen LogP contribution in [0, 0.1) is 0 Å². The average molecular weight is 263 g/mol. The summed E-state index contributed by atoms with van der Waals surface area (Å²) in [7, 11) is 0. The van der Waals surface area contributed by atoms with Gasteiger partial charge in [0.1, 0.15) is 18.0 Å². The molecule has 2 rings (SSSR count). The molecular formula is C14H25N5. The van der Waals surface area contributed by atoms with Gasteiger partial charge in [0, 0.05) is 11.6 Å². The predicted molar refractivity (Wildman–Crippen MR) is 78.9 cm³/mol. The molecule has 0 amide bonds. The fraction of sp³-hybridized carbons (Fsp3) is 0.714. The Balaban J connectivity index is 2.13. The second-order valence-corrected chi connectivity index (χ2v) is 5.28. The second kappa shape index (κ2) is 7.28. The van der Waals surface area contributed by atoms with Crippen molar-refractivity contribution in [1.82, 2.24) is 9.97 Å². The van der Waals surface area contributed by atoms with Crippen molar-refractivity contribution in [2.45, 2.75) is 64.3 Å². The van der Waals surface area contributed by atoms with Gasteiger partial charge in [-0.1, -0.05) is 39.0 Å². The minimum atomic E-state index is 0.540. The molecule has 0 radical (unpaired) electrons. The van der Waals surface area contributed by atoms with E-state index < -0.39 is 0 Å². The van der Waals surface area contributed by atoms with Crippen LogP contribution in [0.1, 0.15) is 57.4 Å². The van der Waals surface area contributed by atoms with Crippen LogP contribution in [0.4, 0.5) is 11.6 Å². The van der Waals surface area contributed by atoms with E-state index in [0.29, 0.717) is 6.04 Å². The highest BCUT2D eigenvalue weighted by Crippen LogP contribution is 2.25. The maximum Gasteiger partial charge on any atom is 0.148 e. The Morgan fingerprint density at radius 1 is 1.16 bits per heavy atom. The maximum atomic E-state index is 5.54. The van der Waals surface area contributed by atoms with E-state index in [4.69, 9.17) is 5.84 Å². The number of hydrogen-bond acceptors (Lipinski definition) is 5. The van der Waals surface area contributed by atoms with Crippen LogP contribution < -0.4 is 16.6 Å². The van der Waals surface area contributed by atoms with E-state index in [1.165, 1.54) is 38.5 Å². The molecular weight excluding hydrogens is 238 g/mol. The second-order valence-electron chi connectivity index (χ2n) is 5.28. The first-order valence-electron chi connectivity index (χ1n) is 7.42. The van der Waals surface area contributed by atoms with Crippen molar-refractivity contribution >= 4 is 11.6 Å². The molecule has 0 saturated heterocycles. The van der Waals surface area contributed by atoms with E-state index in [1.807, 2.05) is 0 Å². The zero-order chi connectivity index (χ0) is 13.5. The Kier molecular flexibility index (Phi) is 5.39. The molecule has 0 atom stereocenters. The Bertz CT molecular complexity index is 385. The lowest BCUT2D eigenvalue weighted by atomic mass is 10.1. The summed E-state index contributed by atoms with van der Waals surface area (Å²) < 4.78 is 0. The third-order valence-electron chi connectivity index (χ3n) is 3.78. The summed E-state index contributed by atoms with van der Waals surface area (Å²) >= 11 is 0. The number of nitrogens with one attached hydrogen (secondary N) is 2. The lowest BCUT2D eigenvalue weighted by molar-refractivity contribution is 0.616. The molecule has 1 heterocycles. The molecule has 0 bridgehead atoms. The molecule has 19 heavy (non-hydrogen) atoms. The summed E-state index contributed by atoms with van der Waals surface area (Å²) in [5.41, 5.74) is 3.79. The van der Waals surface area contributed by atoms with Crippen molar-refractivity contribution in [2.75, 3.05) is 10.7 Å². The van der Waals surface area contributed by atoms with E-state index >= 15 is 0 Å². The minimum absolute atomic E-state index is 0.540. The van der Waals surface area contributed by atoms with Crippen LogP contribution in [0.25, 0.3) is 0 Å². The molecule has 1 fully saturated rings. The first kappa shape index (κ1) is 14.1. The number of nitrogens with zero attached hydrogens (tertiary/aromatic N) is 2. The van der Waals surface area contributed by atoms with Gasteiger partial charge in [0.2, 0.25) is 0 Å². The highest BCUT2D eigenvalue weighted by molar-refractivity contribution is 5.57. The standard InChI is InChI=1S/C14H25N5/c1-2-7-12-13(16-10-17-14(12)19-15)18-11-8-5-3-4-6-9-11/h10-11H,2-9,15H2,1H3,(H2,16,17,18,19). The predicted octanol–water partition coefficient (Wildman–Crippen LogP) is 2.85. The number of anilines is 2. The summed E-state index contributed by atoms with van der Waals surface area (Å²) in [5, 5.41) is 3.60. The summed E-state index contributed by atoms with van der Waals surface area (Å²) in [4.78, 5) is 8.61. The SMILES string of the molecule is CCCc1c(NN)ncnc1NC1CCCCCC1. The molecule has 4 N–H and O–H groups in total. The van der Waals surface area contributed by atoms with Crippen LogP contribution in [0.15, 0.2) is 6.33 Å². The van der Waals surface area contributed by atoms with Crippen molar-refractivity contribution < 1.29 is 0 Å². The number of nitrogen functional groups attached to an aromatic ring is 1. The first-order chi connectivity index (χ1) is 9.35. The number of nitrogens with two attached hydrogens (primary N) is 1. The third kappa shape index (κ3) is 3.80. The van der Waals surface area contributed by atoms with Gasteiger partial charge in [0.05, 0.1) is 0 Å². The van der Waals surface area contributed by atoms with Crippen LogP contribution in [0.2, 0.25) is 0 Å². The van der Waals surface area contributed by atoms with Crippen LogP contribution in [0.3, 0.4) is 0 Å². The van der Waals surface area contributed by atoms with Crippen LogP contribution >= 0.6 is 0 Å². The van der Waals surface area contributed by atoms with Gasteiger partial charge < -0.3 is 10.7 Å². The van der Waals surface area contributed by atoms with Gasteiger partial charge in [-0.3, -0.25) is 0 Å². The van der Waals surface area contributed by atoms with Gasteiger partial charge in [-0.15, -0.1) is 0 Å². The monoisotopic (exact) mass is 263 g/mol. The highest BCUT2D eigenvalue weighted by Gasteiger charge is 2.16. The average Bonchev–Trinajstić information content (AvgIpc) is 2.69. The smallest absolute Gasteiger partial charge is 0.148 e. The molecule has 106 valence electrons. The third-order valence-corrected chi connectivity index (χ3v) is 3.78. The van der Waals surface area contributed by atoms with Crippen molar-refractivity contribution in [1.29, 1.82) is 0 Å². The van der Waals surface area contributed by atoms with Gasteiger partial charge in [-0.2, -0.15) is 0 Å². The number of aromatic nitrogens is 2. The van der Waals surface area contributed by atoms with Crippen molar-refractivity contribution in [3.63, 3.8) is 0 Å². The van der Waals surface area contributed by atoms with E-state index in [0.717, 1.165) is 30.0 Å². The van der Waals surface area contributed by atoms with E-state index in [9.17, 15) is 0 Å². The van der Waals surface area contributed by atoms with Gasteiger partial charge in [-0.25, -0.2) is 15.8 Å². The lowest BCUT2D eigenvalue weighted by Crippen LogP contribution is -2.21. The van der Waals surface area contributed by atoms with Crippen molar-refractivity contribution in [3.8, 4) is 0 Å².